The molecule has 0 saturated heterocycles. The highest BCUT2D eigenvalue weighted by Gasteiger charge is 2.04. The van der Waals surface area contributed by atoms with Crippen LogP contribution in [0.4, 0.5) is 0 Å². The van der Waals surface area contributed by atoms with Crippen molar-refractivity contribution in [3.63, 3.8) is 0 Å². The van der Waals surface area contributed by atoms with Crippen molar-refractivity contribution in [1.29, 1.82) is 0 Å². The zero-order valence-electron chi connectivity index (χ0n) is 8.84. The summed E-state index contributed by atoms with van der Waals surface area (Å²) in [6, 6.07) is 5.62. The SMILES string of the molecule is CCN(CCN)Cc1cc(Cl)cc(Cl)c1. The molecule has 0 bridgehead atoms. The van der Waals surface area contributed by atoms with Crippen LogP contribution < -0.4 is 5.73 Å². The first-order chi connectivity index (χ1) is 7.15. The Hall–Kier alpha value is -0.280. The Morgan fingerprint density at radius 3 is 2.27 bits per heavy atom. The highest BCUT2D eigenvalue weighted by molar-refractivity contribution is 6.34. The molecule has 0 fully saturated rings. The summed E-state index contributed by atoms with van der Waals surface area (Å²) in [4.78, 5) is 2.25. The van der Waals surface area contributed by atoms with Crippen LogP contribution in [0.3, 0.4) is 0 Å². The second kappa shape index (κ2) is 6.33. The molecule has 4 heteroatoms. The molecule has 0 aliphatic heterocycles. The van der Waals surface area contributed by atoms with Crippen molar-refractivity contribution in [2.45, 2.75) is 13.5 Å². The summed E-state index contributed by atoms with van der Waals surface area (Å²) in [5, 5.41) is 1.36. The molecule has 1 rings (SSSR count). The summed E-state index contributed by atoms with van der Waals surface area (Å²) in [6.45, 7) is 5.49. The molecular formula is C11H16Cl2N2. The summed E-state index contributed by atoms with van der Waals surface area (Å²) in [7, 11) is 0. The number of hydrogen-bond acceptors (Lipinski definition) is 2. The molecule has 0 atom stereocenters. The molecule has 0 spiro atoms. The van der Waals surface area contributed by atoms with E-state index in [-0.39, 0.29) is 0 Å². The topological polar surface area (TPSA) is 29.3 Å². The van der Waals surface area contributed by atoms with Gasteiger partial charge in [0.05, 0.1) is 0 Å². The van der Waals surface area contributed by atoms with E-state index in [1.807, 2.05) is 12.1 Å². The van der Waals surface area contributed by atoms with Crippen molar-refractivity contribution in [2.24, 2.45) is 5.73 Å². The molecule has 0 aromatic heterocycles. The summed E-state index contributed by atoms with van der Waals surface area (Å²) in [6.07, 6.45) is 0. The van der Waals surface area contributed by atoms with Crippen LogP contribution >= 0.6 is 23.2 Å². The summed E-state index contributed by atoms with van der Waals surface area (Å²) >= 11 is 11.9. The molecule has 84 valence electrons. The van der Waals surface area contributed by atoms with Crippen molar-refractivity contribution in [3.8, 4) is 0 Å². The van der Waals surface area contributed by atoms with E-state index in [9.17, 15) is 0 Å². The van der Waals surface area contributed by atoms with Gasteiger partial charge in [0.2, 0.25) is 0 Å². The largest absolute Gasteiger partial charge is 0.329 e. The van der Waals surface area contributed by atoms with Crippen LogP contribution in [0.15, 0.2) is 18.2 Å². The Labute approximate surface area is 101 Å². The van der Waals surface area contributed by atoms with Gasteiger partial charge in [-0.05, 0) is 30.3 Å². The summed E-state index contributed by atoms with van der Waals surface area (Å²) in [5.74, 6) is 0. The van der Waals surface area contributed by atoms with Crippen molar-refractivity contribution in [1.82, 2.24) is 4.90 Å². The lowest BCUT2D eigenvalue weighted by atomic mass is 10.2. The molecule has 0 saturated carbocycles. The van der Waals surface area contributed by atoms with Gasteiger partial charge >= 0.3 is 0 Å². The van der Waals surface area contributed by atoms with Gasteiger partial charge in [-0.3, -0.25) is 4.90 Å². The number of nitrogens with zero attached hydrogens (tertiary/aromatic N) is 1. The maximum atomic E-state index is 5.93. The van der Waals surface area contributed by atoms with E-state index >= 15 is 0 Å². The van der Waals surface area contributed by atoms with Gasteiger partial charge in [0.1, 0.15) is 0 Å². The smallest absolute Gasteiger partial charge is 0.0424 e. The highest BCUT2D eigenvalue weighted by atomic mass is 35.5. The van der Waals surface area contributed by atoms with Crippen molar-refractivity contribution in [2.75, 3.05) is 19.6 Å². The number of likely N-dealkylation sites (N-methyl/N-ethyl adjacent to an activating group) is 1. The second-order valence-corrected chi connectivity index (χ2v) is 4.31. The summed E-state index contributed by atoms with van der Waals surface area (Å²) < 4.78 is 0. The third kappa shape index (κ3) is 4.39. The Morgan fingerprint density at radius 1 is 1.20 bits per heavy atom. The van der Waals surface area contributed by atoms with Crippen LogP contribution in [0.1, 0.15) is 12.5 Å². The van der Waals surface area contributed by atoms with Gasteiger partial charge < -0.3 is 5.73 Å². The van der Waals surface area contributed by atoms with Gasteiger partial charge in [-0.2, -0.15) is 0 Å². The zero-order valence-corrected chi connectivity index (χ0v) is 10.4. The van der Waals surface area contributed by atoms with Gasteiger partial charge in [0.15, 0.2) is 0 Å². The molecular weight excluding hydrogens is 231 g/mol. The molecule has 0 radical (unpaired) electrons. The first-order valence-corrected chi connectivity index (χ1v) is 5.78. The molecule has 2 N–H and O–H groups in total. The minimum absolute atomic E-state index is 0.669. The summed E-state index contributed by atoms with van der Waals surface area (Å²) in [5.41, 5.74) is 6.65. The zero-order chi connectivity index (χ0) is 11.3. The van der Waals surface area contributed by atoms with E-state index in [1.54, 1.807) is 6.07 Å². The molecule has 15 heavy (non-hydrogen) atoms. The Morgan fingerprint density at radius 2 is 1.80 bits per heavy atom. The molecule has 1 aromatic rings. The van der Waals surface area contributed by atoms with Gasteiger partial charge in [-0.25, -0.2) is 0 Å². The van der Waals surface area contributed by atoms with Crippen molar-refractivity contribution in [3.05, 3.63) is 33.8 Å². The first kappa shape index (κ1) is 12.8. The number of rotatable bonds is 5. The van der Waals surface area contributed by atoms with Crippen LogP contribution in [0.5, 0.6) is 0 Å². The maximum Gasteiger partial charge on any atom is 0.0424 e. The third-order valence-electron chi connectivity index (χ3n) is 2.22. The molecule has 0 aliphatic rings. The fourth-order valence-corrected chi connectivity index (χ4v) is 2.06. The van der Waals surface area contributed by atoms with E-state index in [2.05, 4.69) is 11.8 Å². The molecule has 0 amide bonds. The van der Waals surface area contributed by atoms with Crippen LogP contribution in [-0.4, -0.2) is 24.5 Å². The lowest BCUT2D eigenvalue weighted by Crippen LogP contribution is -2.28. The van der Waals surface area contributed by atoms with Gasteiger partial charge in [-0.1, -0.05) is 30.1 Å². The predicted octanol–water partition coefficient (Wildman–Crippen LogP) is 2.77. The van der Waals surface area contributed by atoms with Crippen LogP contribution in [0, 0.1) is 0 Å². The molecule has 0 aliphatic carbocycles. The van der Waals surface area contributed by atoms with Crippen molar-refractivity contribution < 1.29 is 0 Å². The monoisotopic (exact) mass is 246 g/mol. The average molecular weight is 247 g/mol. The van der Waals surface area contributed by atoms with E-state index in [0.717, 1.165) is 25.2 Å². The first-order valence-electron chi connectivity index (χ1n) is 5.03. The maximum absolute atomic E-state index is 5.93. The third-order valence-corrected chi connectivity index (χ3v) is 2.66. The average Bonchev–Trinajstić information content (AvgIpc) is 2.15. The van der Waals surface area contributed by atoms with E-state index in [1.165, 1.54) is 0 Å². The molecule has 0 heterocycles. The minimum atomic E-state index is 0.669. The lowest BCUT2D eigenvalue weighted by molar-refractivity contribution is 0.288. The fourth-order valence-electron chi connectivity index (χ4n) is 1.49. The van der Waals surface area contributed by atoms with Gasteiger partial charge in [0.25, 0.3) is 0 Å². The fraction of sp³-hybridized carbons (Fsp3) is 0.455. The Balaban J connectivity index is 2.69. The minimum Gasteiger partial charge on any atom is -0.329 e. The molecule has 0 unspecified atom stereocenters. The van der Waals surface area contributed by atoms with E-state index in [4.69, 9.17) is 28.9 Å². The molecule has 1 aromatic carbocycles. The van der Waals surface area contributed by atoms with Crippen LogP contribution in [0.25, 0.3) is 0 Å². The van der Waals surface area contributed by atoms with Crippen LogP contribution in [0.2, 0.25) is 10.0 Å². The Kier molecular flexibility index (Phi) is 5.40. The normalized spacial score (nSPS) is 11.0. The lowest BCUT2D eigenvalue weighted by Gasteiger charge is -2.19. The quantitative estimate of drug-likeness (QED) is 0.866. The van der Waals surface area contributed by atoms with Crippen molar-refractivity contribution >= 4 is 23.2 Å². The predicted molar refractivity (Wildman–Crippen MR) is 66.5 cm³/mol. The number of hydrogen-bond donors (Lipinski definition) is 1. The van der Waals surface area contributed by atoms with E-state index in [0.29, 0.717) is 16.6 Å². The van der Waals surface area contributed by atoms with Gasteiger partial charge in [0, 0.05) is 29.7 Å². The van der Waals surface area contributed by atoms with Gasteiger partial charge in [-0.15, -0.1) is 0 Å². The Bertz CT molecular complexity index is 295. The number of nitrogens with two attached hydrogens (primary N) is 1. The van der Waals surface area contributed by atoms with Crippen LogP contribution in [-0.2, 0) is 6.54 Å². The number of benzene rings is 1. The second-order valence-electron chi connectivity index (χ2n) is 3.44. The molecule has 2 nitrogen and oxygen atoms in total. The van der Waals surface area contributed by atoms with E-state index < -0.39 is 0 Å². The highest BCUT2D eigenvalue weighted by Crippen LogP contribution is 2.19. The number of halogens is 2. The standard InChI is InChI=1S/C11H16Cl2N2/c1-2-15(4-3-14)8-9-5-10(12)7-11(13)6-9/h5-7H,2-4,8,14H2,1H3.